The third-order valence-electron chi connectivity index (χ3n) is 1.44. The van der Waals surface area contributed by atoms with Crippen molar-refractivity contribution in [1.29, 1.82) is 0 Å². The number of hydrogen-bond acceptors (Lipinski definition) is 1. The predicted molar refractivity (Wildman–Crippen MR) is 48.5 cm³/mol. The minimum absolute atomic E-state index is 0.193. The molecule has 0 aromatic rings. The average molecular weight is 156 g/mol. The van der Waals surface area contributed by atoms with Gasteiger partial charge in [-0.05, 0) is 27.5 Å². The Morgan fingerprint density at radius 1 is 1.60 bits per heavy atom. The fourth-order valence-corrected chi connectivity index (χ4v) is 1.27. The van der Waals surface area contributed by atoms with Crippen LogP contribution >= 0.6 is 8.03 Å². The third kappa shape index (κ3) is 4.08. The summed E-state index contributed by atoms with van der Waals surface area (Å²) in [7, 11) is 4.77. The Labute approximate surface area is 66.0 Å². The number of hydrogen-bond donors (Lipinski definition) is 0. The second kappa shape index (κ2) is 4.93. The summed E-state index contributed by atoms with van der Waals surface area (Å²) in [5, 5.41) is 0. The van der Waals surface area contributed by atoms with E-state index in [1.807, 2.05) is 19.7 Å². The van der Waals surface area contributed by atoms with E-state index < -0.39 is 8.03 Å². The quantitative estimate of drug-likeness (QED) is 0.344. The van der Waals surface area contributed by atoms with E-state index in [4.69, 9.17) is 12.1 Å². The van der Waals surface area contributed by atoms with Gasteiger partial charge in [-0.1, -0.05) is 13.0 Å². The lowest BCUT2D eigenvalue weighted by Crippen LogP contribution is -2.13. The summed E-state index contributed by atoms with van der Waals surface area (Å²) in [5.74, 6) is 0.383. The Hall–Kier alpha value is 0.195. The summed E-state index contributed by atoms with van der Waals surface area (Å²) in [6.45, 7) is 9.64. The molecule has 2 radical (unpaired) electrons. The van der Waals surface area contributed by atoms with Crippen LogP contribution in [0.15, 0.2) is 12.7 Å². The molecular weight excluding hydrogens is 142 g/mol. The van der Waals surface area contributed by atoms with E-state index in [0.717, 1.165) is 0 Å². The van der Waals surface area contributed by atoms with E-state index in [1.165, 1.54) is 0 Å². The standard InChI is InChI=1S/C7H14BOP/c1-5-6(2)7(3)9-10(4)8/h5-7H,1H2,2-4H3. The molecule has 3 atom stereocenters. The first kappa shape index (κ1) is 10.2. The summed E-state index contributed by atoms with van der Waals surface area (Å²) in [4.78, 5) is 0. The van der Waals surface area contributed by atoms with E-state index in [1.54, 1.807) is 0 Å². The third-order valence-corrected chi connectivity index (χ3v) is 2.11. The van der Waals surface area contributed by atoms with Crippen molar-refractivity contribution in [3.05, 3.63) is 12.7 Å². The minimum Gasteiger partial charge on any atom is -0.367 e. The van der Waals surface area contributed by atoms with Gasteiger partial charge in [-0.2, -0.15) is 0 Å². The maximum atomic E-state index is 5.49. The molecule has 0 saturated carbocycles. The van der Waals surface area contributed by atoms with Crippen LogP contribution in [-0.2, 0) is 4.52 Å². The number of rotatable bonds is 4. The van der Waals surface area contributed by atoms with Crippen molar-refractivity contribution < 1.29 is 4.52 Å². The van der Waals surface area contributed by atoms with Crippen LogP contribution < -0.4 is 0 Å². The smallest absolute Gasteiger partial charge is 0.148 e. The van der Waals surface area contributed by atoms with Crippen molar-refractivity contribution in [2.45, 2.75) is 20.0 Å². The van der Waals surface area contributed by atoms with Crippen LogP contribution in [0.5, 0.6) is 0 Å². The molecule has 0 N–H and O–H groups in total. The Bertz CT molecular complexity index is 106. The van der Waals surface area contributed by atoms with E-state index in [2.05, 4.69) is 13.5 Å². The van der Waals surface area contributed by atoms with Gasteiger partial charge in [-0.3, -0.25) is 0 Å². The van der Waals surface area contributed by atoms with Gasteiger partial charge in [-0.15, -0.1) is 6.58 Å². The lowest BCUT2D eigenvalue weighted by Gasteiger charge is -2.19. The molecule has 10 heavy (non-hydrogen) atoms. The van der Waals surface area contributed by atoms with Gasteiger partial charge in [0.1, 0.15) is 7.57 Å². The summed E-state index contributed by atoms with van der Waals surface area (Å²) in [5.41, 5.74) is 0. The van der Waals surface area contributed by atoms with Crippen molar-refractivity contribution in [3.63, 3.8) is 0 Å². The van der Waals surface area contributed by atoms with Crippen LogP contribution in [0.2, 0.25) is 0 Å². The van der Waals surface area contributed by atoms with Gasteiger partial charge in [0.15, 0.2) is 0 Å². The second-order valence-corrected chi connectivity index (χ2v) is 3.75. The molecule has 0 aliphatic carbocycles. The van der Waals surface area contributed by atoms with Crippen LogP contribution in [0.3, 0.4) is 0 Å². The Morgan fingerprint density at radius 2 is 2.10 bits per heavy atom. The summed E-state index contributed by atoms with van der Waals surface area (Å²) in [6.07, 6.45) is 2.07. The van der Waals surface area contributed by atoms with Gasteiger partial charge >= 0.3 is 0 Å². The van der Waals surface area contributed by atoms with Crippen LogP contribution in [-0.4, -0.2) is 20.3 Å². The monoisotopic (exact) mass is 156 g/mol. The van der Waals surface area contributed by atoms with Gasteiger partial charge in [0.2, 0.25) is 0 Å². The van der Waals surface area contributed by atoms with Crippen molar-refractivity contribution in [1.82, 2.24) is 0 Å². The first-order chi connectivity index (χ1) is 4.57. The van der Waals surface area contributed by atoms with E-state index in [-0.39, 0.29) is 6.10 Å². The molecule has 0 rings (SSSR count). The van der Waals surface area contributed by atoms with Gasteiger partial charge < -0.3 is 4.52 Å². The normalized spacial score (nSPS) is 19.5. The molecule has 56 valence electrons. The molecule has 0 aliphatic rings. The van der Waals surface area contributed by atoms with Crippen LogP contribution in [0.1, 0.15) is 13.8 Å². The second-order valence-electron chi connectivity index (χ2n) is 2.45. The Morgan fingerprint density at radius 3 is 2.40 bits per heavy atom. The SMILES string of the molecule is [B]P(C)OC(C)C(C)C=C. The molecule has 0 aliphatic heterocycles. The van der Waals surface area contributed by atoms with E-state index >= 15 is 0 Å². The molecule has 3 unspecified atom stereocenters. The first-order valence-electron chi connectivity index (χ1n) is 3.35. The highest BCUT2D eigenvalue weighted by molar-refractivity contribution is 7.77. The van der Waals surface area contributed by atoms with Crippen LogP contribution in [0.4, 0.5) is 0 Å². The van der Waals surface area contributed by atoms with Gasteiger partial charge in [0.05, 0.1) is 6.10 Å². The van der Waals surface area contributed by atoms with Crippen molar-refractivity contribution in [3.8, 4) is 0 Å². The Kier molecular flexibility index (Phi) is 5.02. The average Bonchev–Trinajstić information content (AvgIpc) is 1.85. The molecule has 0 spiro atoms. The summed E-state index contributed by atoms with van der Waals surface area (Å²) < 4.78 is 5.37. The van der Waals surface area contributed by atoms with Gasteiger partial charge in [0.25, 0.3) is 0 Å². The maximum Gasteiger partial charge on any atom is 0.148 e. The molecule has 0 heterocycles. The largest absolute Gasteiger partial charge is 0.367 e. The van der Waals surface area contributed by atoms with E-state index in [0.29, 0.717) is 5.92 Å². The summed E-state index contributed by atoms with van der Waals surface area (Å²) >= 11 is 0. The lowest BCUT2D eigenvalue weighted by molar-refractivity contribution is 0.211. The molecule has 0 bridgehead atoms. The molecule has 0 amide bonds. The Balaban J connectivity index is 3.60. The molecule has 0 aromatic carbocycles. The van der Waals surface area contributed by atoms with Crippen molar-refractivity contribution in [2.24, 2.45) is 5.92 Å². The van der Waals surface area contributed by atoms with E-state index in [9.17, 15) is 0 Å². The van der Waals surface area contributed by atoms with Crippen LogP contribution in [0.25, 0.3) is 0 Å². The zero-order valence-electron chi connectivity index (χ0n) is 6.87. The zero-order valence-corrected chi connectivity index (χ0v) is 7.77. The minimum atomic E-state index is -0.726. The first-order valence-corrected chi connectivity index (χ1v) is 5.13. The molecule has 3 heteroatoms. The molecule has 0 aromatic heterocycles. The van der Waals surface area contributed by atoms with Crippen molar-refractivity contribution >= 4 is 15.6 Å². The van der Waals surface area contributed by atoms with Gasteiger partial charge in [-0.25, -0.2) is 0 Å². The molecular formula is C7H14BOP. The molecule has 0 fully saturated rings. The van der Waals surface area contributed by atoms with Crippen molar-refractivity contribution in [2.75, 3.05) is 6.66 Å². The highest BCUT2D eigenvalue weighted by Crippen LogP contribution is 2.29. The fraction of sp³-hybridized carbons (Fsp3) is 0.714. The zero-order chi connectivity index (χ0) is 8.15. The molecule has 0 saturated heterocycles. The lowest BCUT2D eigenvalue weighted by atomic mass is 10.1. The van der Waals surface area contributed by atoms with Gasteiger partial charge in [0, 0.05) is 0 Å². The predicted octanol–water partition coefficient (Wildman–Crippen LogP) is 2.32. The summed E-state index contributed by atoms with van der Waals surface area (Å²) in [6, 6.07) is 0. The van der Waals surface area contributed by atoms with Crippen LogP contribution in [0, 0.1) is 5.92 Å². The fourth-order valence-electron chi connectivity index (χ4n) is 0.550. The highest BCUT2D eigenvalue weighted by Gasteiger charge is 2.09. The topological polar surface area (TPSA) is 9.23 Å². The highest BCUT2D eigenvalue weighted by atomic mass is 31.1. The molecule has 1 nitrogen and oxygen atoms in total. The maximum absolute atomic E-state index is 5.49.